The third-order valence-electron chi connectivity index (χ3n) is 1.83. The number of rotatable bonds is 2. The van der Waals surface area contributed by atoms with Gasteiger partial charge in [-0.05, 0) is 40.2 Å². The zero-order chi connectivity index (χ0) is 11.5. The Morgan fingerprint density at radius 2 is 2.00 bits per heavy atom. The van der Waals surface area contributed by atoms with E-state index in [1.165, 1.54) is 0 Å². The van der Waals surface area contributed by atoms with E-state index in [-0.39, 0.29) is 0 Å². The molecule has 2 rings (SSSR count). The first-order chi connectivity index (χ1) is 7.65. The van der Waals surface area contributed by atoms with Gasteiger partial charge in [0.15, 0.2) is 0 Å². The Hall–Kier alpha value is -1.07. The summed E-state index contributed by atoms with van der Waals surface area (Å²) in [6.07, 6.45) is 1.67. The van der Waals surface area contributed by atoms with Gasteiger partial charge in [-0.3, -0.25) is 0 Å². The van der Waals surface area contributed by atoms with Gasteiger partial charge in [0, 0.05) is 22.4 Å². The minimum absolute atomic E-state index is 0.514. The van der Waals surface area contributed by atoms with Gasteiger partial charge in [-0.15, -0.1) is 0 Å². The molecule has 0 aliphatic rings. The van der Waals surface area contributed by atoms with E-state index in [0.29, 0.717) is 17.3 Å². The molecule has 0 radical (unpaired) electrons. The summed E-state index contributed by atoms with van der Waals surface area (Å²) in [6, 6.07) is 9.07. The van der Waals surface area contributed by atoms with Crippen molar-refractivity contribution < 1.29 is 4.74 Å². The predicted molar refractivity (Wildman–Crippen MR) is 70.6 cm³/mol. The summed E-state index contributed by atoms with van der Waals surface area (Å²) in [4.78, 5) is 4.11. The summed E-state index contributed by atoms with van der Waals surface area (Å²) >= 11 is 6.71. The highest BCUT2D eigenvalue weighted by Gasteiger charge is 2.04. The second kappa shape index (κ2) is 4.84. The van der Waals surface area contributed by atoms with Crippen LogP contribution in [0.25, 0.3) is 0 Å². The number of benzene rings is 1. The Morgan fingerprint density at radius 1 is 1.19 bits per heavy atom. The van der Waals surface area contributed by atoms with Crippen LogP contribution < -0.4 is 10.5 Å². The zero-order valence-electron chi connectivity index (χ0n) is 8.15. The van der Waals surface area contributed by atoms with E-state index in [1.807, 2.05) is 18.2 Å². The lowest BCUT2D eigenvalue weighted by Gasteiger charge is -2.07. The van der Waals surface area contributed by atoms with Crippen molar-refractivity contribution in [1.29, 1.82) is 0 Å². The Labute approximate surface area is 110 Å². The quantitative estimate of drug-likeness (QED) is 0.839. The molecule has 2 aromatic rings. The van der Waals surface area contributed by atoms with Crippen LogP contribution in [0.4, 0.5) is 5.69 Å². The van der Waals surface area contributed by atoms with Crippen LogP contribution in [0.3, 0.4) is 0 Å². The van der Waals surface area contributed by atoms with Crippen molar-refractivity contribution in [2.24, 2.45) is 0 Å². The Balaban J connectivity index is 2.30. The van der Waals surface area contributed by atoms with Crippen LogP contribution in [-0.4, -0.2) is 4.98 Å². The van der Waals surface area contributed by atoms with Crippen LogP contribution in [0.2, 0.25) is 0 Å². The fourth-order valence-corrected chi connectivity index (χ4v) is 2.03. The van der Waals surface area contributed by atoms with Gasteiger partial charge in [0.1, 0.15) is 5.75 Å². The fourth-order valence-electron chi connectivity index (χ4n) is 1.20. The van der Waals surface area contributed by atoms with E-state index < -0.39 is 0 Å². The molecule has 82 valence electrons. The number of pyridine rings is 1. The average molecular weight is 344 g/mol. The summed E-state index contributed by atoms with van der Waals surface area (Å²) in [5.41, 5.74) is 6.34. The van der Waals surface area contributed by atoms with Gasteiger partial charge in [0.05, 0.1) is 4.47 Å². The largest absolute Gasteiger partial charge is 0.438 e. The first kappa shape index (κ1) is 11.4. The molecule has 1 aromatic carbocycles. The molecular formula is C11H8Br2N2O. The fraction of sp³-hybridized carbons (Fsp3) is 0. The lowest BCUT2D eigenvalue weighted by Crippen LogP contribution is -1.91. The molecule has 3 nitrogen and oxygen atoms in total. The molecule has 16 heavy (non-hydrogen) atoms. The smallest absolute Gasteiger partial charge is 0.233 e. The minimum atomic E-state index is 0.514. The van der Waals surface area contributed by atoms with Gasteiger partial charge >= 0.3 is 0 Å². The van der Waals surface area contributed by atoms with Crippen molar-refractivity contribution in [3.8, 4) is 11.6 Å². The molecule has 0 saturated carbocycles. The third kappa shape index (κ3) is 2.74. The SMILES string of the molecule is Nc1cc(Br)cc(Oc2ncccc2Br)c1. The van der Waals surface area contributed by atoms with Crippen LogP contribution in [0.15, 0.2) is 45.5 Å². The van der Waals surface area contributed by atoms with Gasteiger partial charge in [0.25, 0.3) is 0 Å². The van der Waals surface area contributed by atoms with Crippen molar-refractivity contribution in [2.45, 2.75) is 0 Å². The molecule has 2 N–H and O–H groups in total. The Kier molecular flexibility index (Phi) is 3.46. The Morgan fingerprint density at radius 3 is 2.69 bits per heavy atom. The summed E-state index contributed by atoms with van der Waals surface area (Å²) in [5, 5.41) is 0. The van der Waals surface area contributed by atoms with Gasteiger partial charge in [-0.1, -0.05) is 15.9 Å². The van der Waals surface area contributed by atoms with Crippen molar-refractivity contribution in [2.75, 3.05) is 5.73 Å². The molecule has 0 saturated heterocycles. The minimum Gasteiger partial charge on any atom is -0.438 e. The number of hydrogen-bond donors (Lipinski definition) is 1. The lowest BCUT2D eigenvalue weighted by molar-refractivity contribution is 0.459. The number of nitrogen functional groups attached to an aromatic ring is 1. The molecular weight excluding hydrogens is 336 g/mol. The number of nitrogens with two attached hydrogens (primary N) is 1. The number of hydrogen-bond acceptors (Lipinski definition) is 3. The van der Waals surface area contributed by atoms with Crippen LogP contribution in [-0.2, 0) is 0 Å². The molecule has 0 spiro atoms. The highest BCUT2D eigenvalue weighted by molar-refractivity contribution is 9.10. The predicted octanol–water partition coefficient (Wildman–Crippen LogP) is 3.98. The molecule has 0 fully saturated rings. The van der Waals surface area contributed by atoms with E-state index in [2.05, 4.69) is 36.8 Å². The highest BCUT2D eigenvalue weighted by atomic mass is 79.9. The number of nitrogens with zero attached hydrogens (tertiary/aromatic N) is 1. The van der Waals surface area contributed by atoms with Crippen molar-refractivity contribution in [3.05, 3.63) is 45.5 Å². The molecule has 0 bridgehead atoms. The van der Waals surface area contributed by atoms with Crippen LogP contribution in [0, 0.1) is 0 Å². The lowest BCUT2D eigenvalue weighted by atomic mass is 10.3. The molecule has 0 aliphatic carbocycles. The van der Waals surface area contributed by atoms with Crippen molar-refractivity contribution >= 4 is 37.5 Å². The molecule has 1 heterocycles. The van der Waals surface area contributed by atoms with E-state index >= 15 is 0 Å². The number of aromatic nitrogens is 1. The summed E-state index contributed by atoms with van der Waals surface area (Å²) in [6.45, 7) is 0. The van der Waals surface area contributed by atoms with E-state index in [4.69, 9.17) is 10.5 Å². The van der Waals surface area contributed by atoms with Gasteiger partial charge in [-0.25, -0.2) is 4.98 Å². The second-order valence-corrected chi connectivity index (χ2v) is 4.88. The third-order valence-corrected chi connectivity index (χ3v) is 2.89. The Bertz CT molecular complexity index is 497. The van der Waals surface area contributed by atoms with Gasteiger partial charge in [-0.2, -0.15) is 0 Å². The molecule has 0 atom stereocenters. The number of ether oxygens (including phenoxy) is 1. The van der Waals surface area contributed by atoms with Gasteiger partial charge in [0.2, 0.25) is 5.88 Å². The molecule has 5 heteroatoms. The van der Waals surface area contributed by atoms with E-state index in [1.54, 1.807) is 18.3 Å². The van der Waals surface area contributed by atoms with Crippen LogP contribution >= 0.6 is 31.9 Å². The summed E-state index contributed by atoms with van der Waals surface area (Å²) < 4.78 is 7.27. The topological polar surface area (TPSA) is 48.1 Å². The van der Waals surface area contributed by atoms with Crippen molar-refractivity contribution in [1.82, 2.24) is 4.98 Å². The monoisotopic (exact) mass is 342 g/mol. The maximum Gasteiger partial charge on any atom is 0.233 e. The molecule has 0 unspecified atom stereocenters. The standard InChI is InChI=1S/C11H8Br2N2O/c12-7-4-8(14)6-9(5-7)16-11-10(13)2-1-3-15-11/h1-6H,14H2. The number of halogens is 2. The van der Waals surface area contributed by atoms with Gasteiger partial charge < -0.3 is 10.5 Å². The molecule has 0 amide bonds. The highest BCUT2D eigenvalue weighted by Crippen LogP contribution is 2.30. The van der Waals surface area contributed by atoms with Crippen LogP contribution in [0.5, 0.6) is 11.6 Å². The number of anilines is 1. The van der Waals surface area contributed by atoms with Crippen LogP contribution in [0.1, 0.15) is 0 Å². The first-order valence-electron chi connectivity index (χ1n) is 4.49. The maximum absolute atomic E-state index is 5.71. The first-order valence-corrected chi connectivity index (χ1v) is 6.08. The van der Waals surface area contributed by atoms with E-state index in [0.717, 1.165) is 8.95 Å². The molecule has 1 aromatic heterocycles. The maximum atomic E-state index is 5.71. The van der Waals surface area contributed by atoms with Crippen molar-refractivity contribution in [3.63, 3.8) is 0 Å². The zero-order valence-corrected chi connectivity index (χ0v) is 11.3. The normalized spacial score (nSPS) is 10.1. The second-order valence-electron chi connectivity index (χ2n) is 3.11. The molecule has 0 aliphatic heterocycles. The van der Waals surface area contributed by atoms with E-state index in [9.17, 15) is 0 Å². The average Bonchev–Trinajstić information content (AvgIpc) is 2.20. The summed E-state index contributed by atoms with van der Waals surface area (Å²) in [7, 11) is 0. The summed E-state index contributed by atoms with van der Waals surface area (Å²) in [5.74, 6) is 1.16.